The molecule has 0 bridgehead atoms. The lowest BCUT2D eigenvalue weighted by molar-refractivity contribution is -0.118. The quantitative estimate of drug-likeness (QED) is 0.861. The van der Waals surface area contributed by atoms with Crippen molar-refractivity contribution in [3.05, 3.63) is 24.3 Å². The fourth-order valence-corrected chi connectivity index (χ4v) is 2.65. The van der Waals surface area contributed by atoms with E-state index in [0.717, 1.165) is 30.9 Å². The van der Waals surface area contributed by atoms with Crippen molar-refractivity contribution in [2.45, 2.75) is 25.3 Å². The van der Waals surface area contributed by atoms with Crippen molar-refractivity contribution in [3.63, 3.8) is 0 Å². The average molecular weight is 246 g/mol. The Morgan fingerprint density at radius 1 is 1.39 bits per heavy atom. The third kappa shape index (κ3) is 2.20. The minimum Gasteiger partial charge on any atom is -0.491 e. The van der Waals surface area contributed by atoms with Crippen molar-refractivity contribution < 1.29 is 9.53 Å². The Labute approximate surface area is 107 Å². The van der Waals surface area contributed by atoms with Gasteiger partial charge in [0.05, 0.1) is 18.7 Å². The van der Waals surface area contributed by atoms with Gasteiger partial charge in [-0.25, -0.2) is 0 Å². The predicted octanol–water partition coefficient (Wildman–Crippen LogP) is 1.55. The maximum atomic E-state index is 12.2. The number of hydrogen-bond acceptors (Lipinski definition) is 3. The lowest BCUT2D eigenvalue weighted by Gasteiger charge is -2.25. The van der Waals surface area contributed by atoms with Crippen LogP contribution in [0.1, 0.15) is 19.3 Å². The number of ether oxygens (including phenoxy) is 1. The SMILES string of the molecule is O=C1CCOc2ccccc2N1C[C@@H]1CCCN1. The second-order valence-electron chi connectivity index (χ2n) is 4.86. The van der Waals surface area contributed by atoms with Gasteiger partial charge in [0.15, 0.2) is 0 Å². The standard InChI is InChI=1S/C14H18N2O2/c17-14-7-9-18-13-6-2-1-5-12(13)16(14)10-11-4-3-8-15-11/h1-2,5-6,11,15H,3-4,7-10H2/t11-/m0/s1. The molecule has 3 rings (SSSR count). The zero-order valence-corrected chi connectivity index (χ0v) is 10.4. The number of rotatable bonds is 2. The van der Waals surface area contributed by atoms with Crippen molar-refractivity contribution >= 4 is 11.6 Å². The zero-order chi connectivity index (χ0) is 12.4. The Kier molecular flexibility index (Phi) is 3.19. The monoisotopic (exact) mass is 246 g/mol. The largest absolute Gasteiger partial charge is 0.491 e. The van der Waals surface area contributed by atoms with E-state index in [1.165, 1.54) is 6.42 Å². The molecule has 1 aromatic rings. The highest BCUT2D eigenvalue weighted by molar-refractivity contribution is 5.95. The molecule has 18 heavy (non-hydrogen) atoms. The highest BCUT2D eigenvalue weighted by Gasteiger charge is 2.26. The molecule has 0 unspecified atom stereocenters. The van der Waals surface area contributed by atoms with Gasteiger partial charge in [0.2, 0.25) is 5.91 Å². The summed E-state index contributed by atoms with van der Waals surface area (Å²) in [5.74, 6) is 0.981. The molecular formula is C14H18N2O2. The van der Waals surface area contributed by atoms with Crippen molar-refractivity contribution in [2.75, 3.05) is 24.6 Å². The number of para-hydroxylation sites is 2. The number of nitrogens with one attached hydrogen (secondary N) is 1. The van der Waals surface area contributed by atoms with Gasteiger partial charge in [-0.3, -0.25) is 4.79 Å². The van der Waals surface area contributed by atoms with E-state index in [2.05, 4.69) is 5.32 Å². The fourth-order valence-electron chi connectivity index (χ4n) is 2.65. The average Bonchev–Trinajstić information content (AvgIpc) is 2.84. The molecule has 0 aliphatic carbocycles. The van der Waals surface area contributed by atoms with E-state index in [4.69, 9.17) is 4.74 Å². The second-order valence-corrected chi connectivity index (χ2v) is 4.86. The van der Waals surface area contributed by atoms with E-state index in [-0.39, 0.29) is 5.91 Å². The normalized spacial score (nSPS) is 23.4. The third-order valence-corrected chi connectivity index (χ3v) is 3.60. The van der Waals surface area contributed by atoms with Crippen LogP contribution >= 0.6 is 0 Å². The number of benzene rings is 1. The number of carbonyl (C=O) groups is 1. The Bertz CT molecular complexity index is 441. The maximum absolute atomic E-state index is 12.2. The highest BCUT2D eigenvalue weighted by atomic mass is 16.5. The van der Waals surface area contributed by atoms with Crippen molar-refractivity contribution in [3.8, 4) is 5.75 Å². The minimum atomic E-state index is 0.161. The Balaban J connectivity index is 1.87. The number of anilines is 1. The molecule has 1 fully saturated rings. The molecule has 1 atom stereocenters. The summed E-state index contributed by atoms with van der Waals surface area (Å²) in [5, 5.41) is 3.44. The van der Waals surface area contributed by atoms with Crippen LogP contribution in [0.3, 0.4) is 0 Å². The second kappa shape index (κ2) is 4.98. The first-order chi connectivity index (χ1) is 8.84. The first kappa shape index (κ1) is 11.5. The van der Waals surface area contributed by atoms with Gasteiger partial charge < -0.3 is 15.0 Å². The number of nitrogens with zero attached hydrogens (tertiary/aromatic N) is 1. The minimum absolute atomic E-state index is 0.161. The summed E-state index contributed by atoms with van der Waals surface area (Å²) in [6.45, 7) is 2.29. The molecular weight excluding hydrogens is 228 g/mol. The molecule has 1 amide bonds. The first-order valence-electron chi connectivity index (χ1n) is 6.60. The van der Waals surface area contributed by atoms with Gasteiger partial charge >= 0.3 is 0 Å². The first-order valence-corrected chi connectivity index (χ1v) is 6.60. The Morgan fingerprint density at radius 3 is 3.11 bits per heavy atom. The molecule has 1 N–H and O–H groups in total. The van der Waals surface area contributed by atoms with Crippen LogP contribution in [-0.4, -0.2) is 31.6 Å². The van der Waals surface area contributed by atoms with E-state index in [1.54, 1.807) is 0 Å². The van der Waals surface area contributed by atoms with Gasteiger partial charge in [0.25, 0.3) is 0 Å². The molecule has 96 valence electrons. The van der Waals surface area contributed by atoms with Gasteiger partial charge in [0, 0.05) is 12.6 Å². The molecule has 0 spiro atoms. The van der Waals surface area contributed by atoms with E-state index >= 15 is 0 Å². The summed E-state index contributed by atoms with van der Waals surface area (Å²) < 4.78 is 5.63. The zero-order valence-electron chi connectivity index (χ0n) is 10.4. The summed E-state index contributed by atoms with van der Waals surface area (Å²) in [4.78, 5) is 14.1. The molecule has 2 aliphatic rings. The van der Waals surface area contributed by atoms with Crippen LogP contribution in [0.15, 0.2) is 24.3 Å². The van der Waals surface area contributed by atoms with Crippen LogP contribution in [0, 0.1) is 0 Å². The summed E-state index contributed by atoms with van der Waals surface area (Å²) in [5.41, 5.74) is 0.911. The fraction of sp³-hybridized carbons (Fsp3) is 0.500. The third-order valence-electron chi connectivity index (χ3n) is 3.60. The molecule has 1 aromatic carbocycles. The molecule has 0 radical (unpaired) electrons. The molecule has 0 aromatic heterocycles. The lowest BCUT2D eigenvalue weighted by atomic mass is 10.2. The lowest BCUT2D eigenvalue weighted by Crippen LogP contribution is -2.41. The van der Waals surface area contributed by atoms with Crippen LogP contribution in [0.25, 0.3) is 0 Å². The van der Waals surface area contributed by atoms with Crippen LogP contribution in [0.2, 0.25) is 0 Å². The molecule has 4 heteroatoms. The number of hydrogen-bond donors (Lipinski definition) is 1. The molecule has 1 saturated heterocycles. The molecule has 2 heterocycles. The summed E-state index contributed by atoms with van der Waals surface area (Å²) in [6.07, 6.45) is 2.80. The van der Waals surface area contributed by atoms with Gasteiger partial charge in [-0.1, -0.05) is 12.1 Å². The highest BCUT2D eigenvalue weighted by Crippen LogP contribution is 2.31. The van der Waals surface area contributed by atoms with Gasteiger partial charge in [0.1, 0.15) is 5.75 Å². The van der Waals surface area contributed by atoms with Crippen LogP contribution < -0.4 is 15.0 Å². The number of amides is 1. The smallest absolute Gasteiger partial charge is 0.230 e. The van der Waals surface area contributed by atoms with Crippen LogP contribution in [0.4, 0.5) is 5.69 Å². The van der Waals surface area contributed by atoms with Crippen molar-refractivity contribution in [1.29, 1.82) is 0 Å². The van der Waals surface area contributed by atoms with E-state index in [0.29, 0.717) is 19.1 Å². The van der Waals surface area contributed by atoms with Gasteiger partial charge in [-0.15, -0.1) is 0 Å². The van der Waals surface area contributed by atoms with Gasteiger partial charge in [-0.2, -0.15) is 0 Å². The summed E-state index contributed by atoms with van der Waals surface area (Å²) >= 11 is 0. The van der Waals surface area contributed by atoms with Crippen LogP contribution in [-0.2, 0) is 4.79 Å². The summed E-state index contributed by atoms with van der Waals surface area (Å²) in [6, 6.07) is 8.22. The summed E-state index contributed by atoms with van der Waals surface area (Å²) in [7, 11) is 0. The molecule has 0 saturated carbocycles. The molecule has 2 aliphatic heterocycles. The van der Waals surface area contributed by atoms with Crippen molar-refractivity contribution in [2.24, 2.45) is 0 Å². The topological polar surface area (TPSA) is 41.6 Å². The number of fused-ring (bicyclic) bond motifs is 1. The van der Waals surface area contributed by atoms with E-state index in [9.17, 15) is 4.79 Å². The Hall–Kier alpha value is -1.55. The van der Waals surface area contributed by atoms with E-state index < -0.39 is 0 Å². The van der Waals surface area contributed by atoms with Crippen molar-refractivity contribution in [1.82, 2.24) is 5.32 Å². The molecule has 4 nitrogen and oxygen atoms in total. The number of carbonyl (C=O) groups excluding carboxylic acids is 1. The van der Waals surface area contributed by atoms with E-state index in [1.807, 2.05) is 29.2 Å². The maximum Gasteiger partial charge on any atom is 0.230 e. The van der Waals surface area contributed by atoms with Gasteiger partial charge in [-0.05, 0) is 31.5 Å². The Morgan fingerprint density at radius 2 is 2.28 bits per heavy atom. The van der Waals surface area contributed by atoms with Crippen LogP contribution in [0.5, 0.6) is 5.75 Å². The predicted molar refractivity (Wildman–Crippen MR) is 69.9 cm³/mol.